The van der Waals surface area contributed by atoms with E-state index >= 15 is 0 Å². The van der Waals surface area contributed by atoms with Crippen molar-refractivity contribution in [3.8, 4) is 12.1 Å². The third-order valence-electron chi connectivity index (χ3n) is 4.27. The van der Waals surface area contributed by atoms with Crippen LogP contribution in [-0.4, -0.2) is 18.8 Å². The first-order valence-electron chi connectivity index (χ1n) is 7.39. The average molecular weight is 277 g/mol. The molecule has 0 amide bonds. The van der Waals surface area contributed by atoms with E-state index in [9.17, 15) is 0 Å². The van der Waals surface area contributed by atoms with E-state index in [0.717, 1.165) is 37.2 Å². The zero-order valence-electron chi connectivity index (χ0n) is 11.9. The molecule has 1 fully saturated rings. The molecule has 0 aromatic heterocycles. The summed E-state index contributed by atoms with van der Waals surface area (Å²) in [6.07, 6.45) is 4.46. The molecule has 3 rings (SSSR count). The SMILES string of the molecule is N#CC(C#N)=NC1=C([NH+]2CCCC2)CCc2ccccc21. The van der Waals surface area contributed by atoms with E-state index in [1.54, 1.807) is 0 Å². The number of hydrogen-bond donors (Lipinski definition) is 1. The van der Waals surface area contributed by atoms with Crippen LogP contribution in [0.2, 0.25) is 0 Å². The molecule has 1 heterocycles. The zero-order valence-corrected chi connectivity index (χ0v) is 11.9. The molecule has 0 radical (unpaired) electrons. The fourth-order valence-electron chi connectivity index (χ4n) is 3.27. The van der Waals surface area contributed by atoms with Gasteiger partial charge in [0.15, 0.2) is 0 Å². The minimum Gasteiger partial charge on any atom is -0.304 e. The van der Waals surface area contributed by atoms with Crippen molar-refractivity contribution in [3.05, 3.63) is 41.1 Å². The molecule has 1 saturated heterocycles. The molecule has 2 aliphatic rings. The lowest BCUT2D eigenvalue weighted by Crippen LogP contribution is -3.08. The van der Waals surface area contributed by atoms with Crippen LogP contribution >= 0.6 is 0 Å². The van der Waals surface area contributed by atoms with E-state index < -0.39 is 0 Å². The van der Waals surface area contributed by atoms with Gasteiger partial charge in [-0.15, -0.1) is 0 Å². The summed E-state index contributed by atoms with van der Waals surface area (Å²) in [6.45, 7) is 2.26. The first kappa shape index (κ1) is 13.5. The number of benzene rings is 1. The van der Waals surface area contributed by atoms with E-state index in [4.69, 9.17) is 10.5 Å². The molecule has 4 nitrogen and oxygen atoms in total. The predicted molar refractivity (Wildman–Crippen MR) is 80.3 cm³/mol. The number of hydrogen-bond acceptors (Lipinski definition) is 3. The van der Waals surface area contributed by atoms with Gasteiger partial charge in [0.2, 0.25) is 5.71 Å². The Morgan fingerprint density at radius 2 is 1.76 bits per heavy atom. The van der Waals surface area contributed by atoms with Crippen molar-refractivity contribution in [3.63, 3.8) is 0 Å². The molecule has 0 unspecified atom stereocenters. The van der Waals surface area contributed by atoms with Gasteiger partial charge in [-0.25, -0.2) is 4.99 Å². The number of quaternary nitrogens is 1. The van der Waals surface area contributed by atoms with Crippen molar-refractivity contribution < 1.29 is 4.90 Å². The fourth-order valence-corrected chi connectivity index (χ4v) is 3.27. The van der Waals surface area contributed by atoms with Crippen molar-refractivity contribution in [2.75, 3.05) is 13.1 Å². The van der Waals surface area contributed by atoms with Gasteiger partial charge in [-0.3, -0.25) is 0 Å². The summed E-state index contributed by atoms with van der Waals surface area (Å²) in [7, 11) is 0. The molecule has 1 aromatic carbocycles. The van der Waals surface area contributed by atoms with Crippen molar-refractivity contribution in [2.24, 2.45) is 4.99 Å². The van der Waals surface area contributed by atoms with Gasteiger partial charge in [-0.1, -0.05) is 24.3 Å². The van der Waals surface area contributed by atoms with Crippen LogP contribution < -0.4 is 4.90 Å². The van der Waals surface area contributed by atoms with E-state index in [-0.39, 0.29) is 5.71 Å². The Kier molecular flexibility index (Phi) is 3.81. The molecule has 4 heteroatoms. The maximum Gasteiger partial charge on any atom is 0.218 e. The Labute approximate surface area is 124 Å². The second kappa shape index (κ2) is 5.91. The molecule has 0 bridgehead atoms. The number of nitrogens with one attached hydrogen (secondary N) is 1. The monoisotopic (exact) mass is 277 g/mol. The molecule has 21 heavy (non-hydrogen) atoms. The maximum absolute atomic E-state index is 9.02. The van der Waals surface area contributed by atoms with E-state index in [2.05, 4.69) is 17.1 Å². The maximum atomic E-state index is 9.02. The molecule has 1 N–H and O–H groups in total. The number of allylic oxidation sites excluding steroid dienone is 1. The molecule has 104 valence electrons. The van der Waals surface area contributed by atoms with E-state index in [1.165, 1.54) is 29.0 Å². The van der Waals surface area contributed by atoms with Gasteiger partial charge in [-0.05, 0) is 12.0 Å². The van der Waals surface area contributed by atoms with Gasteiger partial charge in [-0.2, -0.15) is 10.5 Å². The summed E-state index contributed by atoms with van der Waals surface area (Å²) in [4.78, 5) is 5.86. The summed E-state index contributed by atoms with van der Waals surface area (Å²) in [6, 6.07) is 12.0. The Balaban J connectivity index is 2.14. The standard InChI is InChI=1S/C17H16N4/c18-11-14(12-19)20-17-15-6-2-1-5-13(15)7-8-16(17)21-9-3-4-10-21/h1-2,5-6H,3-4,7-10H2/p+1. The van der Waals surface area contributed by atoms with Crippen molar-refractivity contribution in [2.45, 2.75) is 25.7 Å². The first-order chi connectivity index (χ1) is 10.3. The second-order valence-corrected chi connectivity index (χ2v) is 5.48. The quantitative estimate of drug-likeness (QED) is 0.832. The normalized spacial score (nSPS) is 17.8. The van der Waals surface area contributed by atoms with Gasteiger partial charge in [0.25, 0.3) is 0 Å². The van der Waals surface area contributed by atoms with Gasteiger partial charge >= 0.3 is 0 Å². The molecule has 0 saturated carbocycles. The van der Waals surface area contributed by atoms with Gasteiger partial charge in [0.05, 0.1) is 13.1 Å². The van der Waals surface area contributed by atoms with Gasteiger partial charge in [0, 0.05) is 24.8 Å². The van der Waals surface area contributed by atoms with Crippen LogP contribution in [0.25, 0.3) is 5.70 Å². The molecule has 0 atom stereocenters. The number of aryl methyl sites for hydroxylation is 1. The Hall–Kier alpha value is -2.43. The Bertz CT molecular complexity index is 678. The van der Waals surface area contributed by atoms with Crippen molar-refractivity contribution in [1.29, 1.82) is 10.5 Å². The van der Waals surface area contributed by atoms with Crippen LogP contribution in [0, 0.1) is 22.7 Å². The van der Waals surface area contributed by atoms with E-state index in [1.807, 2.05) is 24.3 Å². The van der Waals surface area contributed by atoms with Crippen LogP contribution in [0.4, 0.5) is 0 Å². The van der Waals surface area contributed by atoms with Crippen LogP contribution in [0.3, 0.4) is 0 Å². The summed E-state index contributed by atoms with van der Waals surface area (Å²) >= 11 is 0. The zero-order chi connectivity index (χ0) is 14.7. The second-order valence-electron chi connectivity index (χ2n) is 5.48. The van der Waals surface area contributed by atoms with Crippen LogP contribution in [0.1, 0.15) is 30.4 Å². The molecule has 1 aliphatic heterocycles. The summed E-state index contributed by atoms with van der Waals surface area (Å²) in [5.41, 5.74) is 4.41. The molecule has 0 spiro atoms. The topological polar surface area (TPSA) is 64.4 Å². The van der Waals surface area contributed by atoms with Crippen LogP contribution in [0.5, 0.6) is 0 Å². The number of nitrogens with zero attached hydrogens (tertiary/aromatic N) is 3. The van der Waals surface area contributed by atoms with Crippen molar-refractivity contribution in [1.82, 2.24) is 0 Å². The number of fused-ring (bicyclic) bond motifs is 1. The molecule has 1 aliphatic carbocycles. The van der Waals surface area contributed by atoms with Gasteiger partial charge < -0.3 is 4.90 Å². The smallest absolute Gasteiger partial charge is 0.218 e. The third kappa shape index (κ3) is 2.59. The minimum atomic E-state index is -0.0576. The van der Waals surface area contributed by atoms with Crippen LogP contribution in [-0.2, 0) is 6.42 Å². The number of rotatable bonds is 2. The first-order valence-corrected chi connectivity index (χ1v) is 7.39. The Morgan fingerprint density at radius 1 is 1.05 bits per heavy atom. The highest BCUT2D eigenvalue weighted by Gasteiger charge is 2.29. The number of likely N-dealkylation sites (tertiary alicyclic amines) is 1. The summed E-state index contributed by atoms with van der Waals surface area (Å²) in [5, 5.41) is 18.0. The molecular weight excluding hydrogens is 260 g/mol. The largest absolute Gasteiger partial charge is 0.304 e. The number of nitriles is 2. The molecular formula is C17H17N4+. The van der Waals surface area contributed by atoms with Crippen LogP contribution in [0.15, 0.2) is 35.0 Å². The summed E-state index contributed by atoms with van der Waals surface area (Å²) in [5.74, 6) is 0. The predicted octanol–water partition coefficient (Wildman–Crippen LogP) is 1.47. The van der Waals surface area contributed by atoms with Gasteiger partial charge in [0.1, 0.15) is 23.5 Å². The molecule has 1 aromatic rings. The number of aliphatic imine (C=N–C) groups is 1. The third-order valence-corrected chi connectivity index (χ3v) is 4.27. The summed E-state index contributed by atoms with van der Waals surface area (Å²) < 4.78 is 0. The fraction of sp³-hybridized carbons (Fsp3) is 0.353. The average Bonchev–Trinajstić information content (AvgIpc) is 3.06. The van der Waals surface area contributed by atoms with Crippen molar-refractivity contribution >= 4 is 11.4 Å². The Morgan fingerprint density at radius 3 is 2.48 bits per heavy atom. The highest BCUT2D eigenvalue weighted by atomic mass is 15.2. The lowest BCUT2D eigenvalue weighted by molar-refractivity contribution is -0.848. The highest BCUT2D eigenvalue weighted by Crippen LogP contribution is 2.30. The van der Waals surface area contributed by atoms with E-state index in [0.29, 0.717) is 0 Å². The highest BCUT2D eigenvalue weighted by molar-refractivity contribution is 6.12. The lowest BCUT2D eigenvalue weighted by Gasteiger charge is -2.24. The minimum absolute atomic E-state index is 0.0576. The lowest BCUT2D eigenvalue weighted by atomic mass is 9.92.